The van der Waals surface area contributed by atoms with Crippen molar-refractivity contribution in [3.8, 4) is 55.6 Å². The first-order chi connectivity index (χ1) is 43.4. The van der Waals surface area contributed by atoms with Gasteiger partial charge in [-0.1, -0.05) is 264 Å². The lowest BCUT2D eigenvalue weighted by Crippen LogP contribution is -2.29. The molecule has 0 amide bonds. The number of hydrogen-bond donors (Lipinski definition) is 0. The Morgan fingerprint density at radius 2 is 0.795 bits per heavy atom. The van der Waals surface area contributed by atoms with Crippen LogP contribution in [0.5, 0.6) is 0 Å². The SMILES string of the molecule is CC1(C)c2ccccc2-c2cc(N(c3ccccc3)c3cc(C4(c5ccccc5)c5ccccc5-c5cc(-c6ccccc6)c(N(c6ccccc6)c6ccc(CC7CC8CCCC(C8)C7)cc6)cc54)ccc3-c3ccc(-c4ccccc4)cc3)ccc21. The van der Waals surface area contributed by atoms with Crippen LogP contribution in [-0.2, 0) is 17.3 Å². The van der Waals surface area contributed by atoms with Gasteiger partial charge >= 0.3 is 0 Å². The van der Waals surface area contributed by atoms with E-state index in [1.807, 2.05) is 0 Å². The molecule has 2 nitrogen and oxygen atoms in total. The third-order valence-corrected chi connectivity index (χ3v) is 20.5. The summed E-state index contributed by atoms with van der Waals surface area (Å²) in [6, 6.07) is 112. The van der Waals surface area contributed by atoms with Gasteiger partial charge in [0.05, 0.1) is 16.8 Å². The van der Waals surface area contributed by atoms with Gasteiger partial charge in [-0.2, -0.15) is 0 Å². The summed E-state index contributed by atoms with van der Waals surface area (Å²) < 4.78 is 0. The number of fused-ring (bicyclic) bond motifs is 8. The molecule has 16 rings (SSSR count). The minimum Gasteiger partial charge on any atom is -0.310 e. The Hall–Kier alpha value is -9.76. The molecule has 12 aromatic rings. The first-order valence-corrected chi connectivity index (χ1v) is 32.1. The molecule has 0 radical (unpaired) electrons. The molecule has 12 aromatic carbocycles. The third kappa shape index (κ3) is 9.23. The molecule has 0 heterocycles. The van der Waals surface area contributed by atoms with Crippen LogP contribution in [0.15, 0.2) is 297 Å². The molecule has 0 spiro atoms. The standard InChI is InChI=1S/C86H72N2/c1-85(2)79-37-20-18-35-74(79)77-56-72(48-50-80(77)85)88(70-33-16-7-17-34-70)83-55-68(45-49-73(83)66-43-41-64(42-44-66)63-25-8-3-9-26-63)86(67-29-12-5-13-30-67)81-38-21-19-36-75(81)78-57-76(65-27-10-4-11-28-65)84(58-82(78)86)87(69-31-14-6-15-32-69)71-46-39-59(40-47-71)51-62-53-60-23-22-24-61(52-60)54-62/h3-21,25-50,55-58,60-62H,22-24,51-54H2,1-2H3. The number of hydrogen-bond acceptors (Lipinski definition) is 2. The zero-order valence-corrected chi connectivity index (χ0v) is 50.4. The van der Waals surface area contributed by atoms with Crippen LogP contribution in [0.4, 0.5) is 34.1 Å². The normalized spacial score (nSPS) is 18.4. The van der Waals surface area contributed by atoms with Crippen molar-refractivity contribution in [2.75, 3.05) is 9.80 Å². The fourth-order valence-corrected chi connectivity index (χ4v) is 16.5. The fraction of sp³-hybridized carbons (Fsp3) is 0.163. The van der Waals surface area contributed by atoms with Gasteiger partial charge in [0, 0.05) is 39.3 Å². The van der Waals surface area contributed by atoms with Crippen molar-refractivity contribution in [1.82, 2.24) is 0 Å². The van der Waals surface area contributed by atoms with E-state index in [1.165, 1.54) is 122 Å². The number of benzene rings is 12. The topological polar surface area (TPSA) is 6.48 Å². The smallest absolute Gasteiger partial charge is 0.0715 e. The van der Waals surface area contributed by atoms with Crippen LogP contribution in [0.2, 0.25) is 0 Å². The first-order valence-electron chi connectivity index (χ1n) is 32.1. The van der Waals surface area contributed by atoms with Crippen LogP contribution in [0.25, 0.3) is 55.6 Å². The molecule has 2 fully saturated rings. The average molecular weight is 1130 g/mol. The molecule has 0 aliphatic heterocycles. The van der Waals surface area contributed by atoms with E-state index in [4.69, 9.17) is 0 Å². The number of para-hydroxylation sites is 2. The maximum absolute atomic E-state index is 2.58. The van der Waals surface area contributed by atoms with Crippen molar-refractivity contribution in [3.63, 3.8) is 0 Å². The zero-order chi connectivity index (χ0) is 58.8. The second-order valence-corrected chi connectivity index (χ2v) is 26.0. The second kappa shape index (κ2) is 22.2. The molecule has 3 atom stereocenters. The summed E-state index contributed by atoms with van der Waals surface area (Å²) in [5.41, 5.74) is 27.0. The van der Waals surface area contributed by atoms with Gasteiger partial charge in [0.2, 0.25) is 0 Å². The largest absolute Gasteiger partial charge is 0.310 e. The van der Waals surface area contributed by atoms with E-state index in [9.17, 15) is 0 Å². The summed E-state index contributed by atoms with van der Waals surface area (Å²) in [6.07, 6.45) is 9.64. The van der Waals surface area contributed by atoms with Crippen molar-refractivity contribution in [2.24, 2.45) is 17.8 Å². The van der Waals surface area contributed by atoms with Crippen molar-refractivity contribution < 1.29 is 0 Å². The first kappa shape index (κ1) is 53.7. The van der Waals surface area contributed by atoms with Gasteiger partial charge in [-0.15, -0.1) is 0 Å². The van der Waals surface area contributed by atoms with Gasteiger partial charge < -0.3 is 9.80 Å². The Balaban J connectivity index is 0.940. The number of rotatable bonds is 13. The minimum atomic E-state index is -0.768. The molecule has 0 N–H and O–H groups in total. The Morgan fingerprint density at radius 1 is 0.318 bits per heavy atom. The van der Waals surface area contributed by atoms with Crippen molar-refractivity contribution in [1.29, 1.82) is 0 Å². The molecular weight excluding hydrogens is 1060 g/mol. The number of nitrogens with zero attached hydrogens (tertiary/aromatic N) is 2. The summed E-state index contributed by atoms with van der Waals surface area (Å²) >= 11 is 0. The zero-order valence-electron chi connectivity index (χ0n) is 50.4. The fourth-order valence-electron chi connectivity index (χ4n) is 16.5. The Bertz CT molecular complexity index is 4480. The quantitative estimate of drug-likeness (QED) is 0.114. The molecule has 2 saturated carbocycles. The van der Waals surface area contributed by atoms with Crippen LogP contribution in [0.1, 0.15) is 91.3 Å². The predicted molar refractivity (Wildman–Crippen MR) is 369 cm³/mol. The summed E-state index contributed by atoms with van der Waals surface area (Å²) in [7, 11) is 0. The van der Waals surface area contributed by atoms with Crippen molar-refractivity contribution >= 4 is 34.1 Å². The van der Waals surface area contributed by atoms with E-state index in [1.54, 1.807) is 0 Å². The summed E-state index contributed by atoms with van der Waals surface area (Å²) in [5, 5.41) is 0. The lowest BCUT2D eigenvalue weighted by molar-refractivity contribution is 0.137. The highest BCUT2D eigenvalue weighted by Gasteiger charge is 2.48. The van der Waals surface area contributed by atoms with E-state index >= 15 is 0 Å². The van der Waals surface area contributed by atoms with Gasteiger partial charge in [-0.05, 0) is 194 Å². The third-order valence-electron chi connectivity index (χ3n) is 20.5. The maximum Gasteiger partial charge on any atom is 0.0715 e. The molecule has 88 heavy (non-hydrogen) atoms. The molecule has 3 unspecified atom stereocenters. The van der Waals surface area contributed by atoms with Gasteiger partial charge in [0.1, 0.15) is 0 Å². The molecule has 2 heteroatoms. The summed E-state index contributed by atoms with van der Waals surface area (Å²) in [6.45, 7) is 4.75. The van der Waals surface area contributed by atoms with Gasteiger partial charge in [0.15, 0.2) is 0 Å². The van der Waals surface area contributed by atoms with E-state index in [-0.39, 0.29) is 5.41 Å². The van der Waals surface area contributed by atoms with Gasteiger partial charge in [-0.25, -0.2) is 0 Å². The molecule has 426 valence electrons. The van der Waals surface area contributed by atoms with E-state index in [2.05, 4.69) is 321 Å². The van der Waals surface area contributed by atoms with E-state index in [0.29, 0.717) is 0 Å². The molecule has 0 saturated heterocycles. The average Bonchev–Trinajstić information content (AvgIpc) is 1.57. The van der Waals surface area contributed by atoms with Gasteiger partial charge in [0.25, 0.3) is 0 Å². The maximum atomic E-state index is 2.58. The minimum absolute atomic E-state index is 0.133. The number of anilines is 6. The molecule has 4 aliphatic carbocycles. The van der Waals surface area contributed by atoms with Gasteiger partial charge in [-0.3, -0.25) is 0 Å². The summed E-state index contributed by atoms with van der Waals surface area (Å²) in [5.74, 6) is 2.59. The van der Waals surface area contributed by atoms with Crippen LogP contribution < -0.4 is 9.80 Å². The molecule has 4 aliphatic rings. The van der Waals surface area contributed by atoms with Crippen molar-refractivity contribution in [2.45, 2.75) is 69.6 Å². The van der Waals surface area contributed by atoms with Crippen LogP contribution in [0.3, 0.4) is 0 Å². The highest BCUT2D eigenvalue weighted by Crippen LogP contribution is 2.61. The van der Waals surface area contributed by atoms with Crippen LogP contribution in [0, 0.1) is 17.8 Å². The van der Waals surface area contributed by atoms with Crippen LogP contribution >= 0.6 is 0 Å². The lowest BCUT2D eigenvalue weighted by atomic mass is 9.67. The predicted octanol–water partition coefficient (Wildman–Crippen LogP) is 23.1. The molecular formula is C86H72N2. The Kier molecular flexibility index (Phi) is 13.5. The monoisotopic (exact) mass is 1130 g/mol. The van der Waals surface area contributed by atoms with Crippen LogP contribution in [-0.4, -0.2) is 0 Å². The van der Waals surface area contributed by atoms with E-state index in [0.717, 1.165) is 69.4 Å². The highest BCUT2D eigenvalue weighted by atomic mass is 15.2. The Morgan fingerprint density at radius 3 is 1.45 bits per heavy atom. The Labute approximate surface area is 520 Å². The second-order valence-electron chi connectivity index (χ2n) is 26.0. The lowest BCUT2D eigenvalue weighted by Gasteiger charge is -2.39. The highest BCUT2D eigenvalue weighted by molar-refractivity contribution is 5.98. The molecule has 2 bridgehead atoms. The molecule has 0 aromatic heterocycles. The van der Waals surface area contributed by atoms with E-state index < -0.39 is 5.41 Å². The van der Waals surface area contributed by atoms with Crippen molar-refractivity contribution in [3.05, 3.63) is 336 Å². The summed E-state index contributed by atoms with van der Waals surface area (Å²) in [4.78, 5) is 5.07.